The highest BCUT2D eigenvalue weighted by atomic mass is 35.5. The first-order chi connectivity index (χ1) is 22.5. The lowest BCUT2D eigenvalue weighted by Gasteiger charge is -2.13. The molecule has 2 aromatic heterocycles. The molecular weight excluding hydrogens is 606 g/mol. The van der Waals surface area contributed by atoms with Crippen molar-refractivity contribution < 1.29 is 23.9 Å². The number of benzene rings is 3. The van der Waals surface area contributed by atoms with Gasteiger partial charge in [-0.2, -0.15) is 0 Å². The Labute approximate surface area is 272 Å². The fourth-order valence-corrected chi connectivity index (χ4v) is 4.56. The third-order valence-corrected chi connectivity index (χ3v) is 6.73. The summed E-state index contributed by atoms with van der Waals surface area (Å²) in [6.07, 6.45) is 3.76. The van der Waals surface area contributed by atoms with Crippen molar-refractivity contribution in [2.24, 2.45) is 0 Å². The second-order valence-corrected chi connectivity index (χ2v) is 10.0. The van der Waals surface area contributed by atoms with Crippen LogP contribution in [0.4, 0.5) is 5.82 Å². The van der Waals surface area contributed by atoms with Crippen LogP contribution in [0.1, 0.15) is 62.6 Å². The summed E-state index contributed by atoms with van der Waals surface area (Å²) in [5.74, 6) is -0.667. The lowest BCUT2D eigenvalue weighted by Crippen LogP contribution is -2.16. The molecule has 46 heavy (non-hydrogen) atoms. The van der Waals surface area contributed by atoms with Gasteiger partial charge < -0.3 is 9.47 Å². The highest BCUT2D eigenvalue weighted by molar-refractivity contribution is 6.32. The fraction of sp³-hybridized carbons (Fsp3) is 0.200. The molecular formula is C35H34ClN5O5. The van der Waals surface area contributed by atoms with Gasteiger partial charge in [-0.1, -0.05) is 103 Å². The van der Waals surface area contributed by atoms with Crippen LogP contribution < -0.4 is 5.48 Å². The summed E-state index contributed by atoms with van der Waals surface area (Å²) in [4.78, 5) is 46.4. The Balaban J connectivity index is 0.000000222. The van der Waals surface area contributed by atoms with Gasteiger partial charge in [0, 0.05) is 12.8 Å². The van der Waals surface area contributed by atoms with Gasteiger partial charge in [0.05, 0.1) is 31.2 Å². The molecule has 5 aromatic rings. The molecule has 1 N–H and O–H groups in total. The molecule has 2 heterocycles. The maximum atomic E-state index is 12.5. The Kier molecular flexibility index (Phi) is 13.1. The van der Waals surface area contributed by atoms with Crippen LogP contribution in [0.15, 0.2) is 104 Å². The molecule has 0 saturated heterocycles. The maximum Gasteiger partial charge on any atom is 0.343 e. The van der Waals surface area contributed by atoms with Crippen molar-refractivity contribution in [2.45, 2.75) is 33.3 Å². The summed E-state index contributed by atoms with van der Waals surface area (Å²) in [7, 11) is 0. The number of carbonyl (C=O) groups is 2. The number of hydrogen-bond acceptors (Lipinski definition) is 10. The molecule has 0 saturated carbocycles. The van der Waals surface area contributed by atoms with Crippen molar-refractivity contribution in [3.8, 4) is 0 Å². The predicted molar refractivity (Wildman–Crippen MR) is 174 cm³/mol. The SMILES string of the molecule is CCOC(=O)c1c(Cc2ccccc2)ncnc1NOCc1ccccc1.CCOC(=O)c1c(Cl)ncnc1Cc1ccccc1. The quantitative estimate of drug-likeness (QED) is 0.0897. The van der Waals surface area contributed by atoms with E-state index in [0.717, 1.165) is 16.7 Å². The van der Waals surface area contributed by atoms with Gasteiger partial charge in [0.15, 0.2) is 5.82 Å². The molecule has 0 aliphatic heterocycles. The first-order valence-corrected chi connectivity index (χ1v) is 15.0. The van der Waals surface area contributed by atoms with E-state index in [-0.39, 0.29) is 29.5 Å². The van der Waals surface area contributed by atoms with Crippen molar-refractivity contribution in [3.63, 3.8) is 0 Å². The van der Waals surface area contributed by atoms with Gasteiger partial charge >= 0.3 is 11.9 Å². The zero-order chi connectivity index (χ0) is 32.6. The van der Waals surface area contributed by atoms with Crippen LogP contribution in [0, 0.1) is 0 Å². The normalized spacial score (nSPS) is 10.3. The Hall–Kier alpha value is -5.19. The Bertz CT molecular complexity index is 1690. The number of ether oxygens (including phenoxy) is 2. The van der Waals surface area contributed by atoms with Gasteiger partial charge in [0.25, 0.3) is 0 Å². The number of esters is 2. The molecule has 0 amide bonds. The molecule has 0 spiro atoms. The predicted octanol–water partition coefficient (Wildman–Crippen LogP) is 6.69. The smallest absolute Gasteiger partial charge is 0.343 e. The van der Waals surface area contributed by atoms with Crippen molar-refractivity contribution in [3.05, 3.63) is 148 Å². The molecule has 0 aliphatic rings. The number of carbonyl (C=O) groups excluding carboxylic acids is 2. The van der Waals surface area contributed by atoms with E-state index in [1.807, 2.05) is 91.0 Å². The monoisotopic (exact) mass is 639 g/mol. The second-order valence-electron chi connectivity index (χ2n) is 9.67. The Morgan fingerprint density at radius 1 is 0.630 bits per heavy atom. The van der Waals surface area contributed by atoms with E-state index in [4.69, 9.17) is 25.9 Å². The number of aromatic nitrogens is 4. The molecule has 0 aliphatic carbocycles. The summed E-state index contributed by atoms with van der Waals surface area (Å²) in [5.41, 5.74) is 7.55. The van der Waals surface area contributed by atoms with Crippen molar-refractivity contribution >= 4 is 29.4 Å². The number of nitrogens with one attached hydrogen (secondary N) is 1. The molecule has 0 radical (unpaired) electrons. The van der Waals surface area contributed by atoms with Gasteiger partial charge in [-0.3, -0.25) is 4.84 Å². The van der Waals surface area contributed by atoms with Crippen LogP contribution in [0.2, 0.25) is 5.15 Å². The molecule has 0 bridgehead atoms. The summed E-state index contributed by atoms with van der Waals surface area (Å²) < 4.78 is 10.2. The van der Waals surface area contributed by atoms with Gasteiger partial charge in [-0.25, -0.2) is 35.0 Å². The zero-order valence-electron chi connectivity index (χ0n) is 25.6. The molecule has 0 fully saturated rings. The third-order valence-electron chi connectivity index (χ3n) is 6.44. The maximum absolute atomic E-state index is 12.5. The van der Waals surface area contributed by atoms with Gasteiger partial charge in [-0.15, -0.1) is 0 Å². The molecule has 0 unspecified atom stereocenters. The van der Waals surface area contributed by atoms with E-state index >= 15 is 0 Å². The minimum Gasteiger partial charge on any atom is -0.462 e. The lowest BCUT2D eigenvalue weighted by molar-refractivity contribution is 0.0514. The number of nitrogens with zero attached hydrogens (tertiary/aromatic N) is 4. The third kappa shape index (κ3) is 9.91. The lowest BCUT2D eigenvalue weighted by atomic mass is 10.1. The molecule has 10 nitrogen and oxygen atoms in total. The van der Waals surface area contributed by atoms with Crippen LogP contribution in [0.25, 0.3) is 0 Å². The summed E-state index contributed by atoms with van der Waals surface area (Å²) in [6, 6.07) is 29.2. The number of halogens is 1. The minimum absolute atomic E-state index is 0.124. The van der Waals surface area contributed by atoms with Crippen molar-refractivity contribution in [2.75, 3.05) is 18.7 Å². The van der Waals surface area contributed by atoms with E-state index in [1.54, 1.807) is 13.8 Å². The van der Waals surface area contributed by atoms with E-state index in [2.05, 4.69) is 25.4 Å². The van der Waals surface area contributed by atoms with Crippen LogP contribution in [0.5, 0.6) is 0 Å². The zero-order valence-corrected chi connectivity index (χ0v) is 26.3. The molecule has 0 atom stereocenters. The highest BCUT2D eigenvalue weighted by Crippen LogP contribution is 2.21. The molecule has 236 valence electrons. The average Bonchev–Trinajstić information content (AvgIpc) is 3.07. The van der Waals surface area contributed by atoms with Crippen LogP contribution >= 0.6 is 11.6 Å². The van der Waals surface area contributed by atoms with E-state index in [9.17, 15) is 9.59 Å². The molecule has 3 aromatic carbocycles. The first kappa shape index (κ1) is 33.7. The number of hydrogen-bond donors (Lipinski definition) is 1. The van der Waals surface area contributed by atoms with E-state index < -0.39 is 11.9 Å². The summed E-state index contributed by atoms with van der Waals surface area (Å²) in [5, 5.41) is 0.124. The average molecular weight is 640 g/mol. The summed E-state index contributed by atoms with van der Waals surface area (Å²) >= 11 is 5.97. The molecule has 11 heteroatoms. The minimum atomic E-state index is -0.487. The van der Waals surface area contributed by atoms with Crippen LogP contribution in [-0.2, 0) is 33.8 Å². The van der Waals surface area contributed by atoms with E-state index in [0.29, 0.717) is 36.7 Å². The van der Waals surface area contributed by atoms with Gasteiger partial charge in [-0.05, 0) is 30.5 Å². The topological polar surface area (TPSA) is 125 Å². The fourth-order valence-electron chi connectivity index (χ4n) is 4.33. The van der Waals surface area contributed by atoms with Gasteiger partial charge in [0.1, 0.15) is 28.9 Å². The Morgan fingerprint density at radius 3 is 1.61 bits per heavy atom. The van der Waals surface area contributed by atoms with E-state index in [1.165, 1.54) is 12.7 Å². The Morgan fingerprint density at radius 2 is 1.09 bits per heavy atom. The largest absolute Gasteiger partial charge is 0.462 e. The number of anilines is 1. The van der Waals surface area contributed by atoms with Crippen molar-refractivity contribution in [1.29, 1.82) is 0 Å². The van der Waals surface area contributed by atoms with Crippen LogP contribution in [-0.4, -0.2) is 45.1 Å². The van der Waals surface area contributed by atoms with Crippen LogP contribution in [0.3, 0.4) is 0 Å². The second kappa shape index (κ2) is 17.9. The highest BCUT2D eigenvalue weighted by Gasteiger charge is 2.21. The summed E-state index contributed by atoms with van der Waals surface area (Å²) in [6.45, 7) is 4.39. The van der Waals surface area contributed by atoms with Crippen molar-refractivity contribution in [1.82, 2.24) is 19.9 Å². The van der Waals surface area contributed by atoms with Gasteiger partial charge in [0.2, 0.25) is 0 Å². The first-order valence-electron chi connectivity index (χ1n) is 14.7. The standard InChI is InChI=1S/C21H21N3O3.C14H13ClN2O2/c1-2-26-21(25)19-18(13-16-9-5-3-6-10-16)22-15-23-20(19)24-27-14-17-11-7-4-8-12-17;1-2-19-14(18)12-11(16-9-17-13(12)15)8-10-6-4-3-5-7-10/h3-12,15H,2,13-14H2,1H3,(H,22,23,24);3-7,9H,2,8H2,1H3. The number of rotatable bonds is 12. The molecule has 5 rings (SSSR count).